The van der Waals surface area contributed by atoms with Crippen molar-refractivity contribution in [2.24, 2.45) is 0 Å². The molecule has 0 bridgehead atoms. The molecule has 0 aliphatic carbocycles. The Morgan fingerprint density at radius 1 is 1.08 bits per heavy atom. The molecule has 0 saturated carbocycles. The molecule has 5 rings (SSSR count). The first-order valence-electron chi connectivity index (χ1n) is 11.3. The monoisotopic (exact) mass is 491 g/mol. The van der Waals surface area contributed by atoms with Gasteiger partial charge in [0.25, 0.3) is 0 Å². The summed E-state index contributed by atoms with van der Waals surface area (Å²) in [6.45, 7) is 0.983. The lowest BCUT2D eigenvalue weighted by Crippen LogP contribution is -2.20. The van der Waals surface area contributed by atoms with Crippen molar-refractivity contribution in [1.82, 2.24) is 19.9 Å². The molecule has 3 aromatic heterocycles. The number of hydrogen-bond acceptors (Lipinski definition) is 6. The van der Waals surface area contributed by atoms with Crippen molar-refractivity contribution in [3.05, 3.63) is 100 Å². The fourth-order valence-corrected chi connectivity index (χ4v) is 4.32. The first-order valence-corrected chi connectivity index (χ1v) is 12.2. The van der Waals surface area contributed by atoms with Crippen LogP contribution in [-0.2, 0) is 17.9 Å². The summed E-state index contributed by atoms with van der Waals surface area (Å²) >= 11 is 1.60. The van der Waals surface area contributed by atoms with Crippen molar-refractivity contribution in [2.45, 2.75) is 13.1 Å². The van der Waals surface area contributed by atoms with Crippen LogP contribution in [0.1, 0.15) is 16.7 Å². The van der Waals surface area contributed by atoms with Crippen LogP contribution < -0.4 is 16.1 Å². The molecule has 2 aromatic carbocycles. The van der Waals surface area contributed by atoms with Crippen LogP contribution in [0.5, 0.6) is 5.75 Å². The first kappa shape index (κ1) is 23.4. The van der Waals surface area contributed by atoms with Crippen LogP contribution in [0.2, 0.25) is 0 Å². The lowest BCUT2D eigenvalue weighted by Gasteiger charge is -2.12. The zero-order valence-electron chi connectivity index (χ0n) is 19.3. The van der Waals surface area contributed by atoms with Gasteiger partial charge < -0.3 is 15.7 Å². The van der Waals surface area contributed by atoms with Crippen LogP contribution in [-0.4, -0.2) is 33.5 Å². The number of carbonyl (C=O) groups excluding carboxylic acids is 1. The zero-order chi connectivity index (χ0) is 24.9. The van der Waals surface area contributed by atoms with Crippen molar-refractivity contribution >= 4 is 48.1 Å². The van der Waals surface area contributed by atoms with Gasteiger partial charge >= 0.3 is 0 Å². The lowest BCUT2D eigenvalue weighted by atomic mass is 10.0. The maximum absolute atomic E-state index is 12.1. The van der Waals surface area contributed by atoms with Crippen LogP contribution >= 0.6 is 11.3 Å². The average molecular weight is 491 g/mol. The molecule has 0 fully saturated rings. The van der Waals surface area contributed by atoms with Crippen LogP contribution in [0, 0.1) is 0 Å². The SMILES string of the molecule is [B]c1cnn2c(NCc3ccc(CNC(=O)/C=C/c4ccsc4)cc3)cc(-c3ccccc3O)nc12. The van der Waals surface area contributed by atoms with Gasteiger partial charge in [0.15, 0.2) is 5.65 Å². The Morgan fingerprint density at radius 3 is 2.61 bits per heavy atom. The number of rotatable bonds is 8. The number of benzene rings is 2. The second kappa shape index (κ2) is 10.5. The molecule has 0 aliphatic rings. The van der Waals surface area contributed by atoms with E-state index in [9.17, 15) is 9.90 Å². The van der Waals surface area contributed by atoms with Gasteiger partial charge in [-0.25, -0.2) is 4.98 Å². The Hall–Kier alpha value is -4.37. The number of phenols is 1. The molecule has 0 saturated heterocycles. The number of nitrogens with one attached hydrogen (secondary N) is 2. The summed E-state index contributed by atoms with van der Waals surface area (Å²) in [6, 6.07) is 18.8. The van der Waals surface area contributed by atoms with Crippen molar-refractivity contribution in [1.29, 1.82) is 0 Å². The highest BCUT2D eigenvalue weighted by molar-refractivity contribution is 7.08. The quantitative estimate of drug-likeness (QED) is 0.226. The van der Waals surface area contributed by atoms with E-state index in [4.69, 9.17) is 7.85 Å². The number of amides is 1. The third-order valence-corrected chi connectivity index (χ3v) is 6.31. The highest BCUT2D eigenvalue weighted by atomic mass is 32.1. The van der Waals surface area contributed by atoms with E-state index in [1.165, 1.54) is 0 Å². The Morgan fingerprint density at radius 2 is 1.86 bits per heavy atom. The van der Waals surface area contributed by atoms with Crippen molar-refractivity contribution in [3.63, 3.8) is 0 Å². The largest absolute Gasteiger partial charge is 0.507 e. The van der Waals surface area contributed by atoms with E-state index >= 15 is 0 Å². The third-order valence-electron chi connectivity index (χ3n) is 5.61. The zero-order valence-corrected chi connectivity index (χ0v) is 20.1. The van der Waals surface area contributed by atoms with Gasteiger partial charge in [-0.15, -0.1) is 0 Å². The predicted molar refractivity (Wildman–Crippen MR) is 144 cm³/mol. The van der Waals surface area contributed by atoms with Gasteiger partial charge in [0, 0.05) is 37.0 Å². The molecule has 0 spiro atoms. The van der Waals surface area contributed by atoms with E-state index in [-0.39, 0.29) is 11.7 Å². The third kappa shape index (κ3) is 5.31. The Kier molecular flexibility index (Phi) is 6.82. The number of anilines is 1. The molecule has 3 N–H and O–H groups in total. The summed E-state index contributed by atoms with van der Waals surface area (Å²) in [5, 5.41) is 24.9. The number of aromatic nitrogens is 3. The van der Waals surface area contributed by atoms with E-state index < -0.39 is 0 Å². The standard InChI is InChI=1S/C27H22BN5O2S/c28-22-16-31-33-25(13-23(32-27(22)33)21-3-1-2-4-24(21)34)29-14-18-5-7-19(8-6-18)15-30-26(35)10-9-20-11-12-36-17-20/h1-13,16-17,29,34H,14-15H2,(H,30,35)/b10-9+. The summed E-state index contributed by atoms with van der Waals surface area (Å²) in [5.74, 6) is 0.708. The number of carbonyl (C=O) groups is 1. The summed E-state index contributed by atoms with van der Waals surface area (Å²) in [7, 11) is 6.08. The number of thiophene rings is 1. The van der Waals surface area contributed by atoms with Crippen LogP contribution in [0.4, 0.5) is 5.82 Å². The normalized spacial score (nSPS) is 11.2. The fourth-order valence-electron chi connectivity index (χ4n) is 3.69. The number of para-hydroxylation sites is 1. The van der Waals surface area contributed by atoms with Crippen LogP contribution in [0.3, 0.4) is 0 Å². The second-order valence-electron chi connectivity index (χ2n) is 8.16. The fraction of sp³-hybridized carbons (Fsp3) is 0.0741. The summed E-state index contributed by atoms with van der Waals surface area (Å²) in [4.78, 5) is 16.6. The van der Waals surface area contributed by atoms with Gasteiger partial charge in [0.1, 0.15) is 19.4 Å². The Balaban J connectivity index is 1.25. The van der Waals surface area contributed by atoms with E-state index in [1.54, 1.807) is 52.4 Å². The predicted octanol–water partition coefficient (Wildman–Crippen LogP) is 3.90. The van der Waals surface area contributed by atoms with Gasteiger partial charge in [-0.3, -0.25) is 4.79 Å². The van der Waals surface area contributed by atoms with E-state index in [1.807, 2.05) is 53.2 Å². The molecule has 0 aliphatic heterocycles. The second-order valence-corrected chi connectivity index (χ2v) is 8.94. The number of fused-ring (bicyclic) bond motifs is 1. The topological polar surface area (TPSA) is 91.5 Å². The minimum atomic E-state index is -0.132. The van der Waals surface area contributed by atoms with Crippen molar-refractivity contribution < 1.29 is 9.90 Å². The average Bonchev–Trinajstić information content (AvgIpc) is 3.56. The molecule has 2 radical (unpaired) electrons. The molecule has 5 aromatic rings. The van der Waals surface area contributed by atoms with Gasteiger partial charge in [-0.2, -0.15) is 21.0 Å². The molecular formula is C27H22BN5O2S. The van der Waals surface area contributed by atoms with Gasteiger partial charge in [-0.1, -0.05) is 36.4 Å². The highest BCUT2D eigenvalue weighted by Crippen LogP contribution is 2.29. The first-order chi connectivity index (χ1) is 17.6. The molecule has 176 valence electrons. The lowest BCUT2D eigenvalue weighted by molar-refractivity contribution is -0.116. The molecule has 0 unspecified atom stereocenters. The number of phenolic OH excluding ortho intramolecular Hbond substituents is 1. The maximum atomic E-state index is 12.1. The molecule has 1 amide bonds. The summed E-state index contributed by atoms with van der Waals surface area (Å²) < 4.78 is 1.65. The molecule has 36 heavy (non-hydrogen) atoms. The minimum absolute atomic E-state index is 0.132. The Labute approximate surface area is 213 Å². The van der Waals surface area contributed by atoms with Gasteiger partial charge in [-0.05, 0) is 57.2 Å². The highest BCUT2D eigenvalue weighted by Gasteiger charge is 2.12. The molecule has 9 heteroatoms. The van der Waals surface area contributed by atoms with Crippen LogP contribution in [0.15, 0.2) is 83.7 Å². The van der Waals surface area contributed by atoms with Gasteiger partial charge in [0.05, 0.1) is 5.69 Å². The number of nitrogens with zero attached hydrogens (tertiary/aromatic N) is 3. The van der Waals surface area contributed by atoms with Gasteiger partial charge in [0.2, 0.25) is 5.91 Å². The van der Waals surface area contributed by atoms with Crippen LogP contribution in [0.25, 0.3) is 23.0 Å². The Bertz CT molecular complexity index is 1530. The van der Waals surface area contributed by atoms with E-state index in [0.717, 1.165) is 16.7 Å². The molecule has 7 nitrogen and oxygen atoms in total. The number of hydrogen-bond donors (Lipinski definition) is 3. The van der Waals surface area contributed by atoms with Crippen molar-refractivity contribution in [3.8, 4) is 17.0 Å². The van der Waals surface area contributed by atoms with Crippen molar-refractivity contribution in [2.75, 3.05) is 5.32 Å². The maximum Gasteiger partial charge on any atom is 0.244 e. The van der Waals surface area contributed by atoms with E-state index in [2.05, 4.69) is 20.7 Å². The smallest absolute Gasteiger partial charge is 0.244 e. The molecular weight excluding hydrogens is 469 g/mol. The van der Waals surface area contributed by atoms with E-state index in [0.29, 0.717) is 41.3 Å². The summed E-state index contributed by atoms with van der Waals surface area (Å²) in [5.41, 5.74) is 5.24. The minimum Gasteiger partial charge on any atom is -0.507 e. The molecule has 3 heterocycles. The molecule has 0 atom stereocenters. The number of aromatic hydroxyl groups is 1. The summed E-state index contributed by atoms with van der Waals surface area (Å²) in [6.07, 6.45) is 4.90.